The third-order valence-corrected chi connectivity index (χ3v) is 6.04. The van der Waals surface area contributed by atoms with E-state index >= 15 is 0 Å². The molecule has 1 saturated heterocycles. The molecule has 1 aliphatic rings. The largest absolute Gasteiger partial charge is 0.368 e. The fourth-order valence-corrected chi connectivity index (χ4v) is 4.13. The molecule has 1 aliphatic heterocycles. The number of anilines is 2. The molecule has 0 bridgehead atoms. The van der Waals surface area contributed by atoms with E-state index in [1.807, 2.05) is 73.3 Å². The Morgan fingerprint density at radius 1 is 0.812 bits per heavy atom. The average Bonchev–Trinajstić information content (AvgIpc) is 2.80. The number of halogens is 1. The summed E-state index contributed by atoms with van der Waals surface area (Å²) in [6.07, 6.45) is 0. The first-order valence-corrected chi connectivity index (χ1v) is 11.1. The molecule has 5 nitrogen and oxygen atoms in total. The smallest absolute Gasteiger partial charge is 0.257 e. The summed E-state index contributed by atoms with van der Waals surface area (Å²) in [5, 5.41) is 3.34. The number of nitrogens with zero attached hydrogens (tertiary/aromatic N) is 2. The Morgan fingerprint density at radius 3 is 2.06 bits per heavy atom. The highest BCUT2D eigenvalue weighted by atomic mass is 35.5. The number of hydrogen-bond donors (Lipinski definition) is 1. The fraction of sp³-hybridized carbons (Fsp3) is 0.231. The van der Waals surface area contributed by atoms with Gasteiger partial charge < -0.3 is 15.1 Å². The molecule has 1 fully saturated rings. The summed E-state index contributed by atoms with van der Waals surface area (Å²) in [6.45, 7) is 6.84. The van der Waals surface area contributed by atoms with E-state index in [1.54, 1.807) is 12.1 Å². The zero-order valence-corrected chi connectivity index (χ0v) is 19.0. The summed E-state index contributed by atoms with van der Waals surface area (Å²) >= 11 is 6.20. The van der Waals surface area contributed by atoms with E-state index in [1.165, 1.54) is 0 Å². The van der Waals surface area contributed by atoms with Gasteiger partial charge in [-0.2, -0.15) is 0 Å². The summed E-state index contributed by atoms with van der Waals surface area (Å²) in [6, 6.07) is 20.9. The highest BCUT2D eigenvalue weighted by Crippen LogP contribution is 2.22. The number of hydrogen-bond acceptors (Lipinski definition) is 3. The second-order valence-electron chi connectivity index (χ2n) is 8.13. The second-order valence-corrected chi connectivity index (χ2v) is 8.54. The summed E-state index contributed by atoms with van der Waals surface area (Å²) in [4.78, 5) is 29.4. The molecule has 1 heterocycles. The Kier molecular flexibility index (Phi) is 6.47. The maximum atomic E-state index is 12.7. The predicted octanol–water partition coefficient (Wildman–Crippen LogP) is 5.17. The molecule has 0 saturated carbocycles. The lowest BCUT2D eigenvalue weighted by Crippen LogP contribution is -2.48. The number of carbonyl (C=O) groups is 2. The van der Waals surface area contributed by atoms with Crippen molar-refractivity contribution in [2.75, 3.05) is 36.4 Å². The van der Waals surface area contributed by atoms with Crippen LogP contribution in [0.1, 0.15) is 31.8 Å². The van der Waals surface area contributed by atoms with Crippen LogP contribution in [-0.4, -0.2) is 42.9 Å². The van der Waals surface area contributed by atoms with Crippen LogP contribution in [0.4, 0.5) is 11.4 Å². The maximum absolute atomic E-state index is 12.7. The molecule has 3 aromatic carbocycles. The Morgan fingerprint density at radius 2 is 1.44 bits per heavy atom. The first kappa shape index (κ1) is 21.9. The van der Waals surface area contributed by atoms with Gasteiger partial charge in [0.15, 0.2) is 0 Å². The molecule has 32 heavy (non-hydrogen) atoms. The molecule has 0 aromatic heterocycles. The molecule has 0 radical (unpaired) electrons. The van der Waals surface area contributed by atoms with Gasteiger partial charge in [-0.1, -0.05) is 35.4 Å². The Labute approximate surface area is 193 Å². The second kappa shape index (κ2) is 9.45. The lowest BCUT2D eigenvalue weighted by atomic mass is 10.1. The minimum Gasteiger partial charge on any atom is -0.368 e. The van der Waals surface area contributed by atoms with Crippen LogP contribution >= 0.6 is 11.6 Å². The van der Waals surface area contributed by atoms with Crippen LogP contribution in [0.3, 0.4) is 0 Å². The molecule has 164 valence electrons. The SMILES string of the molecule is Cc1ccc(C(=O)N2CCN(c3ccc(NC(=O)c4ccc(C)cc4Cl)cc3)CC2)cc1. The molecular weight excluding hydrogens is 422 g/mol. The van der Waals surface area contributed by atoms with Gasteiger partial charge in [0.25, 0.3) is 11.8 Å². The number of amides is 2. The van der Waals surface area contributed by atoms with Crippen molar-refractivity contribution in [3.8, 4) is 0 Å². The molecule has 0 unspecified atom stereocenters. The van der Waals surface area contributed by atoms with Crippen LogP contribution in [0.2, 0.25) is 5.02 Å². The molecule has 3 aromatic rings. The Hall–Kier alpha value is -3.31. The zero-order valence-electron chi connectivity index (χ0n) is 18.3. The van der Waals surface area contributed by atoms with Gasteiger partial charge >= 0.3 is 0 Å². The molecule has 0 spiro atoms. The van der Waals surface area contributed by atoms with Crippen LogP contribution in [-0.2, 0) is 0 Å². The lowest BCUT2D eigenvalue weighted by molar-refractivity contribution is 0.0746. The minimum atomic E-state index is -0.231. The maximum Gasteiger partial charge on any atom is 0.257 e. The fourth-order valence-electron chi connectivity index (χ4n) is 3.80. The molecule has 0 aliphatic carbocycles. The molecule has 4 rings (SSSR count). The van der Waals surface area contributed by atoms with Crippen molar-refractivity contribution in [3.05, 3.63) is 94.0 Å². The number of nitrogens with one attached hydrogen (secondary N) is 1. The minimum absolute atomic E-state index is 0.0810. The number of piperazine rings is 1. The summed E-state index contributed by atoms with van der Waals surface area (Å²) in [5.74, 6) is -0.150. The summed E-state index contributed by atoms with van der Waals surface area (Å²) < 4.78 is 0. The van der Waals surface area contributed by atoms with Gasteiger partial charge in [-0.3, -0.25) is 9.59 Å². The quantitative estimate of drug-likeness (QED) is 0.600. The van der Waals surface area contributed by atoms with Crippen molar-refractivity contribution in [1.82, 2.24) is 4.90 Å². The van der Waals surface area contributed by atoms with Crippen molar-refractivity contribution >= 4 is 34.8 Å². The number of aryl methyl sites for hydroxylation is 2. The van der Waals surface area contributed by atoms with Crippen molar-refractivity contribution in [1.29, 1.82) is 0 Å². The van der Waals surface area contributed by atoms with Gasteiger partial charge in [0.1, 0.15) is 0 Å². The van der Waals surface area contributed by atoms with Gasteiger partial charge in [0, 0.05) is 43.1 Å². The molecule has 1 N–H and O–H groups in total. The highest BCUT2D eigenvalue weighted by molar-refractivity contribution is 6.34. The Bertz CT molecular complexity index is 1120. The van der Waals surface area contributed by atoms with E-state index in [-0.39, 0.29) is 11.8 Å². The standard InChI is InChI=1S/C26H26ClN3O2/c1-18-3-6-20(7-4-18)26(32)30-15-13-29(14-16-30)22-10-8-21(9-11-22)28-25(31)23-12-5-19(2)17-24(23)27/h3-12,17H,13-16H2,1-2H3,(H,28,31). The van der Waals surface area contributed by atoms with E-state index < -0.39 is 0 Å². The van der Waals surface area contributed by atoms with Crippen molar-refractivity contribution < 1.29 is 9.59 Å². The average molecular weight is 448 g/mol. The van der Waals surface area contributed by atoms with E-state index in [2.05, 4.69) is 10.2 Å². The first-order valence-electron chi connectivity index (χ1n) is 10.7. The third-order valence-electron chi connectivity index (χ3n) is 5.72. The van der Waals surface area contributed by atoms with E-state index in [9.17, 15) is 9.59 Å². The van der Waals surface area contributed by atoms with Crippen LogP contribution < -0.4 is 10.2 Å². The van der Waals surface area contributed by atoms with Crippen molar-refractivity contribution in [3.63, 3.8) is 0 Å². The molecule has 6 heteroatoms. The Balaban J connectivity index is 1.34. The first-order chi connectivity index (χ1) is 15.4. The number of carbonyl (C=O) groups excluding carboxylic acids is 2. The molecule has 2 amide bonds. The van der Waals surface area contributed by atoms with E-state index in [0.717, 1.165) is 35.5 Å². The van der Waals surface area contributed by atoms with Crippen molar-refractivity contribution in [2.24, 2.45) is 0 Å². The topological polar surface area (TPSA) is 52.7 Å². The van der Waals surface area contributed by atoms with Crippen LogP contribution in [0.5, 0.6) is 0 Å². The van der Waals surface area contributed by atoms with Crippen LogP contribution in [0.25, 0.3) is 0 Å². The van der Waals surface area contributed by atoms with E-state index in [0.29, 0.717) is 29.4 Å². The van der Waals surface area contributed by atoms with E-state index in [4.69, 9.17) is 11.6 Å². The third kappa shape index (κ3) is 4.94. The number of benzene rings is 3. The van der Waals surface area contributed by atoms with Gasteiger partial charge in [-0.05, 0) is 67.9 Å². The van der Waals surface area contributed by atoms with Crippen LogP contribution in [0, 0.1) is 13.8 Å². The highest BCUT2D eigenvalue weighted by Gasteiger charge is 2.22. The molecule has 0 atom stereocenters. The normalized spacial score (nSPS) is 13.7. The van der Waals surface area contributed by atoms with Gasteiger partial charge in [-0.15, -0.1) is 0 Å². The summed E-state index contributed by atoms with van der Waals surface area (Å²) in [5.41, 5.74) is 5.13. The van der Waals surface area contributed by atoms with Crippen molar-refractivity contribution in [2.45, 2.75) is 13.8 Å². The van der Waals surface area contributed by atoms with Crippen LogP contribution in [0.15, 0.2) is 66.7 Å². The predicted molar refractivity (Wildman–Crippen MR) is 130 cm³/mol. The zero-order chi connectivity index (χ0) is 22.7. The van der Waals surface area contributed by atoms with Gasteiger partial charge in [0.2, 0.25) is 0 Å². The summed E-state index contributed by atoms with van der Waals surface area (Å²) in [7, 11) is 0. The number of rotatable bonds is 4. The molecular formula is C26H26ClN3O2. The lowest BCUT2D eigenvalue weighted by Gasteiger charge is -2.36. The van der Waals surface area contributed by atoms with Gasteiger partial charge in [0.05, 0.1) is 10.6 Å². The van der Waals surface area contributed by atoms with Gasteiger partial charge in [-0.25, -0.2) is 0 Å². The monoisotopic (exact) mass is 447 g/mol.